The maximum Gasteiger partial charge on any atom is 0.226 e. The van der Waals surface area contributed by atoms with Crippen molar-refractivity contribution in [3.63, 3.8) is 0 Å². The van der Waals surface area contributed by atoms with Gasteiger partial charge in [-0.15, -0.1) is 0 Å². The van der Waals surface area contributed by atoms with Gasteiger partial charge in [0, 0.05) is 18.2 Å². The van der Waals surface area contributed by atoms with Crippen molar-refractivity contribution in [3.05, 3.63) is 76.0 Å². The fourth-order valence-electron chi connectivity index (χ4n) is 4.26. The SMILES string of the molecule is COc1ccc(C)cc1C(=O)CCC(=O)Nc1c(C#N)cnn1-c1cc(C)c2cc(C)cc(C)c2n1. The van der Waals surface area contributed by atoms with E-state index < -0.39 is 5.91 Å². The van der Waals surface area contributed by atoms with E-state index in [1.165, 1.54) is 18.0 Å². The van der Waals surface area contributed by atoms with Gasteiger partial charge in [-0.3, -0.25) is 9.59 Å². The number of ether oxygens (including phenoxy) is 1. The van der Waals surface area contributed by atoms with Crippen LogP contribution < -0.4 is 10.1 Å². The van der Waals surface area contributed by atoms with Gasteiger partial charge in [0.2, 0.25) is 5.91 Å². The van der Waals surface area contributed by atoms with Crippen molar-refractivity contribution in [2.24, 2.45) is 0 Å². The number of carbonyl (C=O) groups excluding carboxylic acids is 2. The third kappa shape index (κ3) is 4.82. The van der Waals surface area contributed by atoms with Gasteiger partial charge in [0.1, 0.15) is 17.4 Å². The number of hydrogen-bond donors (Lipinski definition) is 1. The van der Waals surface area contributed by atoms with Crippen LogP contribution in [0.4, 0.5) is 5.82 Å². The average Bonchev–Trinajstić information content (AvgIpc) is 3.25. The van der Waals surface area contributed by atoms with Crippen LogP contribution in [0.25, 0.3) is 16.7 Å². The molecule has 8 heteroatoms. The van der Waals surface area contributed by atoms with Crippen LogP contribution in [0.3, 0.4) is 0 Å². The molecule has 0 aliphatic carbocycles. The molecule has 0 spiro atoms. The second-order valence-corrected chi connectivity index (χ2v) is 8.88. The molecular formula is C28H27N5O3. The highest BCUT2D eigenvalue weighted by molar-refractivity contribution is 6.02. The van der Waals surface area contributed by atoms with E-state index in [4.69, 9.17) is 9.72 Å². The molecule has 2 aromatic heterocycles. The van der Waals surface area contributed by atoms with Crippen molar-refractivity contribution in [1.29, 1.82) is 5.26 Å². The largest absolute Gasteiger partial charge is 0.496 e. The highest BCUT2D eigenvalue weighted by atomic mass is 16.5. The van der Waals surface area contributed by atoms with Crippen LogP contribution >= 0.6 is 0 Å². The minimum Gasteiger partial charge on any atom is -0.496 e. The van der Waals surface area contributed by atoms with Crippen LogP contribution in [0.5, 0.6) is 5.75 Å². The number of carbonyl (C=O) groups is 2. The van der Waals surface area contributed by atoms with E-state index in [9.17, 15) is 14.9 Å². The molecule has 4 rings (SSSR count). The molecule has 0 aliphatic heterocycles. The van der Waals surface area contributed by atoms with Crippen LogP contribution in [0.2, 0.25) is 0 Å². The quantitative estimate of drug-likeness (QED) is 0.366. The molecule has 0 saturated carbocycles. The Balaban J connectivity index is 1.59. The Labute approximate surface area is 209 Å². The lowest BCUT2D eigenvalue weighted by atomic mass is 10.0. The number of pyridine rings is 1. The van der Waals surface area contributed by atoms with Crippen LogP contribution in [0.1, 0.15) is 51.0 Å². The molecule has 0 fully saturated rings. The highest BCUT2D eigenvalue weighted by Gasteiger charge is 2.19. The summed E-state index contributed by atoms with van der Waals surface area (Å²) in [7, 11) is 1.50. The Morgan fingerprint density at radius 2 is 1.81 bits per heavy atom. The number of hydrogen-bond acceptors (Lipinski definition) is 6. The minimum absolute atomic E-state index is 0.00640. The molecule has 2 heterocycles. The number of anilines is 1. The summed E-state index contributed by atoms with van der Waals surface area (Å²) in [5, 5.41) is 17.7. The van der Waals surface area contributed by atoms with E-state index in [-0.39, 0.29) is 30.0 Å². The Morgan fingerprint density at radius 3 is 2.53 bits per heavy atom. The van der Waals surface area contributed by atoms with Gasteiger partial charge in [-0.1, -0.05) is 23.3 Å². The number of amides is 1. The minimum atomic E-state index is -0.405. The van der Waals surface area contributed by atoms with Gasteiger partial charge in [0.05, 0.1) is 24.4 Å². The van der Waals surface area contributed by atoms with E-state index in [0.717, 1.165) is 33.2 Å². The fourth-order valence-corrected chi connectivity index (χ4v) is 4.26. The third-order valence-electron chi connectivity index (χ3n) is 6.04. The molecule has 2 aromatic carbocycles. The molecule has 0 atom stereocenters. The molecular weight excluding hydrogens is 454 g/mol. The average molecular weight is 482 g/mol. The second kappa shape index (κ2) is 10.0. The smallest absolute Gasteiger partial charge is 0.226 e. The van der Waals surface area contributed by atoms with Crippen LogP contribution in [-0.2, 0) is 4.79 Å². The molecule has 0 bridgehead atoms. The number of rotatable bonds is 7. The number of ketones is 1. The van der Waals surface area contributed by atoms with E-state index in [2.05, 4.69) is 28.6 Å². The molecule has 0 unspecified atom stereocenters. The van der Waals surface area contributed by atoms with Crippen molar-refractivity contribution in [2.45, 2.75) is 40.5 Å². The van der Waals surface area contributed by atoms with Crippen molar-refractivity contribution < 1.29 is 14.3 Å². The molecule has 8 nitrogen and oxygen atoms in total. The van der Waals surface area contributed by atoms with Gasteiger partial charge in [-0.25, -0.2) is 4.98 Å². The Kier molecular flexibility index (Phi) is 6.84. The summed E-state index contributed by atoms with van der Waals surface area (Å²) >= 11 is 0. The Bertz CT molecular complexity index is 1550. The van der Waals surface area contributed by atoms with E-state index in [0.29, 0.717) is 17.1 Å². The first-order chi connectivity index (χ1) is 17.2. The summed E-state index contributed by atoms with van der Waals surface area (Å²) < 4.78 is 6.74. The molecule has 1 amide bonds. The van der Waals surface area contributed by atoms with Crippen LogP contribution in [0, 0.1) is 39.0 Å². The lowest BCUT2D eigenvalue weighted by molar-refractivity contribution is -0.116. The molecule has 1 N–H and O–H groups in total. The number of Topliss-reactive ketones (excluding diaryl/α,β-unsaturated/α-hetero) is 1. The molecule has 182 valence electrons. The Hall–Kier alpha value is -4.51. The predicted octanol–water partition coefficient (Wildman–Crippen LogP) is 5.14. The summed E-state index contributed by atoms with van der Waals surface area (Å²) in [6.07, 6.45) is 1.32. The zero-order chi connectivity index (χ0) is 26.0. The number of nitrogens with one attached hydrogen (secondary N) is 1. The lowest BCUT2D eigenvalue weighted by Gasteiger charge is -2.13. The lowest BCUT2D eigenvalue weighted by Crippen LogP contribution is -2.17. The number of methoxy groups -OCH3 is 1. The molecule has 0 saturated heterocycles. The van der Waals surface area contributed by atoms with Gasteiger partial charge in [0.25, 0.3) is 0 Å². The van der Waals surface area contributed by atoms with E-state index in [1.807, 2.05) is 39.8 Å². The maximum atomic E-state index is 12.8. The molecule has 0 aliphatic rings. The predicted molar refractivity (Wildman–Crippen MR) is 138 cm³/mol. The zero-order valence-corrected chi connectivity index (χ0v) is 21.0. The normalized spacial score (nSPS) is 10.8. The number of fused-ring (bicyclic) bond motifs is 1. The number of aromatic nitrogens is 3. The van der Waals surface area contributed by atoms with Crippen molar-refractivity contribution in [2.75, 3.05) is 12.4 Å². The Morgan fingerprint density at radius 1 is 1.03 bits per heavy atom. The molecule has 0 radical (unpaired) electrons. The summed E-state index contributed by atoms with van der Waals surface area (Å²) in [4.78, 5) is 30.4. The number of nitriles is 1. The van der Waals surface area contributed by atoms with Gasteiger partial charge in [-0.05, 0) is 63.1 Å². The maximum absolute atomic E-state index is 12.8. The van der Waals surface area contributed by atoms with Crippen molar-refractivity contribution >= 4 is 28.4 Å². The number of nitrogens with zero attached hydrogens (tertiary/aromatic N) is 4. The van der Waals surface area contributed by atoms with E-state index >= 15 is 0 Å². The topological polar surface area (TPSA) is 110 Å². The summed E-state index contributed by atoms with van der Waals surface area (Å²) in [5.41, 5.74) is 5.58. The molecule has 4 aromatic rings. The third-order valence-corrected chi connectivity index (χ3v) is 6.04. The first kappa shape index (κ1) is 24.6. The van der Waals surface area contributed by atoms with Gasteiger partial charge >= 0.3 is 0 Å². The first-order valence-electron chi connectivity index (χ1n) is 11.6. The van der Waals surface area contributed by atoms with Gasteiger partial charge < -0.3 is 10.1 Å². The summed E-state index contributed by atoms with van der Waals surface area (Å²) in [6.45, 7) is 7.92. The van der Waals surface area contributed by atoms with E-state index in [1.54, 1.807) is 12.1 Å². The number of aryl methyl sites for hydroxylation is 4. The fraction of sp³-hybridized carbons (Fsp3) is 0.250. The van der Waals surface area contributed by atoms with Gasteiger partial charge in [0.15, 0.2) is 17.4 Å². The summed E-state index contributed by atoms with van der Waals surface area (Å²) in [6, 6.07) is 13.4. The monoisotopic (exact) mass is 481 g/mol. The number of benzene rings is 2. The van der Waals surface area contributed by atoms with Crippen LogP contribution in [-0.4, -0.2) is 33.6 Å². The van der Waals surface area contributed by atoms with Crippen LogP contribution in [0.15, 0.2) is 42.6 Å². The zero-order valence-electron chi connectivity index (χ0n) is 21.0. The highest BCUT2D eigenvalue weighted by Crippen LogP contribution is 2.27. The molecule has 36 heavy (non-hydrogen) atoms. The summed E-state index contributed by atoms with van der Waals surface area (Å²) in [5.74, 6) is 0.581. The second-order valence-electron chi connectivity index (χ2n) is 8.88. The van der Waals surface area contributed by atoms with Crippen molar-refractivity contribution in [3.8, 4) is 17.6 Å². The first-order valence-corrected chi connectivity index (χ1v) is 11.6. The van der Waals surface area contributed by atoms with Crippen molar-refractivity contribution in [1.82, 2.24) is 14.8 Å². The standard InChI is InChI=1S/C28H27N5O3/c1-16-6-8-24(36-5)22(11-16)23(34)7-9-26(35)32-28-20(14-29)15-30-33(28)25-13-18(3)21-12-17(2)10-19(4)27(21)31-25/h6,8,10-13,15H,7,9H2,1-5H3,(H,32,35). The van der Waals surface area contributed by atoms with Gasteiger partial charge in [-0.2, -0.15) is 15.0 Å².